The van der Waals surface area contributed by atoms with E-state index >= 15 is 0 Å². The quantitative estimate of drug-likeness (QED) is 0.490. The van der Waals surface area contributed by atoms with Gasteiger partial charge in [-0.05, 0) is 33.1 Å². The van der Waals surface area contributed by atoms with Crippen LogP contribution in [0.25, 0.3) is 0 Å². The third-order valence-electron chi connectivity index (χ3n) is 1.73. The Hall–Kier alpha value is -0.830. The minimum Gasteiger partial charge on any atom is -0.478 e. The van der Waals surface area contributed by atoms with Gasteiger partial charge in [0.15, 0.2) is 0 Å². The Morgan fingerprint density at radius 2 is 2.15 bits per heavy atom. The van der Waals surface area contributed by atoms with Gasteiger partial charge in [0.2, 0.25) is 0 Å². The fourth-order valence-corrected chi connectivity index (χ4v) is 0.899. The zero-order valence-electron chi connectivity index (χ0n) is 8.38. The van der Waals surface area contributed by atoms with Crippen LogP contribution in [0.2, 0.25) is 0 Å². The predicted octanol–water partition coefficient (Wildman–Crippen LogP) is 2.22. The third-order valence-corrected chi connectivity index (χ3v) is 1.73. The molecular formula is C10H18O3. The number of hydrogen-bond acceptors (Lipinski definition) is 2. The van der Waals surface area contributed by atoms with Gasteiger partial charge in [-0.15, -0.1) is 0 Å². The Morgan fingerprint density at radius 3 is 2.69 bits per heavy atom. The van der Waals surface area contributed by atoms with E-state index in [9.17, 15) is 4.79 Å². The van der Waals surface area contributed by atoms with Gasteiger partial charge in [-0.3, -0.25) is 0 Å². The second-order valence-electron chi connectivity index (χ2n) is 2.88. The molecule has 0 unspecified atom stereocenters. The minimum absolute atomic E-state index is 0.427. The first-order chi connectivity index (χ1) is 6.18. The van der Waals surface area contributed by atoms with E-state index in [0.29, 0.717) is 5.57 Å². The maximum absolute atomic E-state index is 10.4. The van der Waals surface area contributed by atoms with Crippen molar-refractivity contribution < 1.29 is 14.6 Å². The number of carboxylic acid groups (broad SMARTS) is 1. The monoisotopic (exact) mass is 186 g/mol. The molecule has 0 rings (SSSR count). The number of rotatable bonds is 7. The summed E-state index contributed by atoms with van der Waals surface area (Å²) in [5.74, 6) is -0.829. The molecule has 3 heteroatoms. The Kier molecular flexibility index (Phi) is 7.30. The molecular weight excluding hydrogens is 168 g/mol. The van der Waals surface area contributed by atoms with Crippen molar-refractivity contribution in [2.24, 2.45) is 0 Å². The van der Waals surface area contributed by atoms with Crippen LogP contribution in [0.5, 0.6) is 0 Å². The number of ether oxygens (including phenoxy) is 1. The fourth-order valence-electron chi connectivity index (χ4n) is 0.899. The largest absolute Gasteiger partial charge is 0.478 e. The first kappa shape index (κ1) is 12.2. The molecule has 0 saturated carbocycles. The number of allylic oxidation sites excluding steroid dienone is 1. The van der Waals surface area contributed by atoms with Crippen molar-refractivity contribution >= 4 is 5.97 Å². The van der Waals surface area contributed by atoms with Crippen LogP contribution >= 0.6 is 0 Å². The molecule has 0 bridgehead atoms. The van der Waals surface area contributed by atoms with Crippen LogP contribution in [0.15, 0.2) is 11.6 Å². The molecule has 0 aliphatic heterocycles. The van der Waals surface area contributed by atoms with Crippen LogP contribution in [-0.4, -0.2) is 24.3 Å². The van der Waals surface area contributed by atoms with E-state index in [-0.39, 0.29) is 0 Å². The smallest absolute Gasteiger partial charge is 0.330 e. The van der Waals surface area contributed by atoms with E-state index in [1.807, 2.05) is 6.92 Å². The average Bonchev–Trinajstić information content (AvgIpc) is 2.10. The van der Waals surface area contributed by atoms with Crippen molar-refractivity contribution in [1.82, 2.24) is 0 Å². The van der Waals surface area contributed by atoms with Crippen LogP contribution < -0.4 is 0 Å². The number of unbranched alkanes of at least 4 members (excludes halogenated alkanes) is 2. The molecule has 0 amide bonds. The summed E-state index contributed by atoms with van der Waals surface area (Å²) in [7, 11) is 0. The summed E-state index contributed by atoms with van der Waals surface area (Å²) in [6.45, 7) is 5.11. The van der Waals surface area contributed by atoms with E-state index < -0.39 is 5.97 Å². The molecule has 0 heterocycles. The zero-order valence-corrected chi connectivity index (χ0v) is 8.38. The maximum atomic E-state index is 10.4. The van der Waals surface area contributed by atoms with Crippen LogP contribution in [0, 0.1) is 0 Å². The molecule has 13 heavy (non-hydrogen) atoms. The lowest BCUT2D eigenvalue weighted by Gasteiger charge is -1.98. The van der Waals surface area contributed by atoms with E-state index in [1.54, 1.807) is 13.0 Å². The van der Waals surface area contributed by atoms with Gasteiger partial charge in [-0.2, -0.15) is 0 Å². The summed E-state index contributed by atoms with van der Waals surface area (Å²) in [4.78, 5) is 10.4. The van der Waals surface area contributed by atoms with Crippen LogP contribution in [0.1, 0.15) is 33.1 Å². The van der Waals surface area contributed by atoms with Crippen molar-refractivity contribution in [3.8, 4) is 0 Å². The summed E-state index contributed by atoms with van der Waals surface area (Å²) in [6.07, 6.45) is 4.57. The van der Waals surface area contributed by atoms with Gasteiger partial charge >= 0.3 is 5.97 Å². The summed E-state index contributed by atoms with van der Waals surface area (Å²) in [5, 5.41) is 8.53. The Labute approximate surface area is 79.4 Å². The first-order valence-corrected chi connectivity index (χ1v) is 4.66. The number of hydrogen-bond donors (Lipinski definition) is 1. The summed E-state index contributed by atoms with van der Waals surface area (Å²) in [6, 6.07) is 0. The standard InChI is InChI=1S/C10H18O3/c1-3-13-8-6-4-5-7-9(2)10(11)12/h7H,3-6,8H2,1-2H3,(H,11,12)/b9-7+. The predicted molar refractivity (Wildman–Crippen MR) is 51.7 cm³/mol. The maximum Gasteiger partial charge on any atom is 0.330 e. The van der Waals surface area contributed by atoms with E-state index in [1.165, 1.54) is 0 Å². The van der Waals surface area contributed by atoms with E-state index in [2.05, 4.69) is 0 Å². The lowest BCUT2D eigenvalue weighted by molar-refractivity contribution is -0.132. The number of carboxylic acids is 1. The molecule has 0 aliphatic carbocycles. The molecule has 0 aliphatic rings. The first-order valence-electron chi connectivity index (χ1n) is 4.66. The third kappa shape index (κ3) is 7.53. The van der Waals surface area contributed by atoms with Crippen molar-refractivity contribution in [3.05, 3.63) is 11.6 Å². The summed E-state index contributed by atoms with van der Waals surface area (Å²) >= 11 is 0. The number of aliphatic carboxylic acids is 1. The van der Waals surface area contributed by atoms with Crippen molar-refractivity contribution in [3.63, 3.8) is 0 Å². The lowest BCUT2D eigenvalue weighted by atomic mass is 10.2. The van der Waals surface area contributed by atoms with Gasteiger partial charge < -0.3 is 9.84 Å². The normalized spacial score (nSPS) is 11.7. The summed E-state index contributed by atoms with van der Waals surface area (Å²) < 4.78 is 5.15. The van der Waals surface area contributed by atoms with Gasteiger partial charge in [0.1, 0.15) is 0 Å². The second-order valence-corrected chi connectivity index (χ2v) is 2.88. The van der Waals surface area contributed by atoms with Crippen molar-refractivity contribution in [1.29, 1.82) is 0 Å². The molecule has 0 atom stereocenters. The fraction of sp³-hybridized carbons (Fsp3) is 0.700. The highest BCUT2D eigenvalue weighted by molar-refractivity contribution is 5.85. The van der Waals surface area contributed by atoms with E-state index in [4.69, 9.17) is 9.84 Å². The van der Waals surface area contributed by atoms with Crippen LogP contribution in [0.4, 0.5) is 0 Å². The Bertz CT molecular complexity index is 173. The highest BCUT2D eigenvalue weighted by atomic mass is 16.5. The van der Waals surface area contributed by atoms with Crippen molar-refractivity contribution in [2.45, 2.75) is 33.1 Å². The summed E-state index contributed by atoms with van der Waals surface area (Å²) in [5.41, 5.74) is 0.427. The molecule has 0 radical (unpaired) electrons. The molecule has 0 saturated heterocycles. The van der Waals surface area contributed by atoms with Gasteiger partial charge in [-0.25, -0.2) is 4.79 Å². The highest BCUT2D eigenvalue weighted by Gasteiger charge is 1.97. The second kappa shape index (κ2) is 7.80. The topological polar surface area (TPSA) is 46.5 Å². The van der Waals surface area contributed by atoms with Crippen molar-refractivity contribution in [2.75, 3.05) is 13.2 Å². The molecule has 1 N–H and O–H groups in total. The highest BCUT2D eigenvalue weighted by Crippen LogP contribution is 2.01. The Balaban J connectivity index is 3.34. The van der Waals surface area contributed by atoms with Gasteiger partial charge in [0, 0.05) is 18.8 Å². The number of carbonyl (C=O) groups is 1. The Morgan fingerprint density at radius 1 is 1.46 bits per heavy atom. The lowest BCUT2D eigenvalue weighted by Crippen LogP contribution is -1.96. The van der Waals surface area contributed by atoms with Gasteiger partial charge in [0.25, 0.3) is 0 Å². The van der Waals surface area contributed by atoms with E-state index in [0.717, 1.165) is 32.5 Å². The molecule has 0 fully saturated rings. The molecule has 0 aromatic carbocycles. The van der Waals surface area contributed by atoms with Crippen LogP contribution in [0.3, 0.4) is 0 Å². The SMILES string of the molecule is CCOCCCC/C=C(\C)C(=O)O. The van der Waals surface area contributed by atoms with Crippen LogP contribution in [-0.2, 0) is 9.53 Å². The molecule has 3 nitrogen and oxygen atoms in total. The molecule has 0 aromatic heterocycles. The molecule has 76 valence electrons. The molecule has 0 aromatic rings. The average molecular weight is 186 g/mol. The minimum atomic E-state index is -0.829. The zero-order chi connectivity index (χ0) is 10.1. The van der Waals surface area contributed by atoms with Gasteiger partial charge in [-0.1, -0.05) is 6.08 Å². The molecule has 0 spiro atoms. The van der Waals surface area contributed by atoms with Gasteiger partial charge in [0.05, 0.1) is 0 Å².